The Morgan fingerprint density at radius 2 is 1.75 bits per heavy atom. The van der Waals surface area contributed by atoms with Gasteiger partial charge in [-0.25, -0.2) is 0 Å². The zero-order valence-electron chi connectivity index (χ0n) is 13.2. The standard InChI is InChI=1S/C16H31N3O/c1-15(8-10-19(2)11-9-15)13-18-14(20)16(12-17)6-4-3-5-7-16/h3-13,17H2,1-2H3,(H,18,20). The molecule has 4 heteroatoms. The average Bonchev–Trinajstić information content (AvgIpc) is 2.49. The van der Waals surface area contributed by atoms with Crippen molar-refractivity contribution in [1.29, 1.82) is 0 Å². The van der Waals surface area contributed by atoms with Gasteiger partial charge in [-0.1, -0.05) is 26.2 Å². The van der Waals surface area contributed by atoms with Crippen LogP contribution in [0.1, 0.15) is 51.9 Å². The van der Waals surface area contributed by atoms with Gasteiger partial charge in [-0.15, -0.1) is 0 Å². The maximum atomic E-state index is 12.6. The number of likely N-dealkylation sites (tertiary alicyclic amines) is 1. The Morgan fingerprint density at radius 1 is 1.15 bits per heavy atom. The lowest BCUT2D eigenvalue weighted by Gasteiger charge is -2.40. The van der Waals surface area contributed by atoms with E-state index in [0.29, 0.717) is 6.54 Å². The molecule has 0 aromatic rings. The minimum atomic E-state index is -0.278. The van der Waals surface area contributed by atoms with Crippen LogP contribution in [0.2, 0.25) is 0 Å². The van der Waals surface area contributed by atoms with Crippen LogP contribution < -0.4 is 11.1 Å². The second-order valence-corrected chi connectivity index (χ2v) is 7.34. The molecule has 116 valence electrons. The molecule has 4 nitrogen and oxygen atoms in total. The number of carbonyl (C=O) groups excluding carboxylic acids is 1. The van der Waals surface area contributed by atoms with Crippen LogP contribution in [0.5, 0.6) is 0 Å². The molecule has 0 aromatic heterocycles. The number of piperidine rings is 1. The summed E-state index contributed by atoms with van der Waals surface area (Å²) in [4.78, 5) is 15.0. The molecular weight excluding hydrogens is 250 g/mol. The summed E-state index contributed by atoms with van der Waals surface area (Å²) in [7, 11) is 2.17. The molecular formula is C16H31N3O. The first-order valence-electron chi connectivity index (χ1n) is 8.17. The van der Waals surface area contributed by atoms with E-state index in [4.69, 9.17) is 5.73 Å². The molecule has 20 heavy (non-hydrogen) atoms. The minimum Gasteiger partial charge on any atom is -0.355 e. The predicted octanol–water partition coefficient (Wildman–Crippen LogP) is 1.74. The van der Waals surface area contributed by atoms with Crippen molar-refractivity contribution in [3.05, 3.63) is 0 Å². The van der Waals surface area contributed by atoms with E-state index in [1.165, 1.54) is 19.3 Å². The SMILES string of the molecule is CN1CCC(C)(CNC(=O)C2(CN)CCCCC2)CC1. The first-order valence-corrected chi connectivity index (χ1v) is 8.17. The van der Waals surface area contributed by atoms with Gasteiger partial charge >= 0.3 is 0 Å². The van der Waals surface area contributed by atoms with Crippen molar-refractivity contribution in [3.63, 3.8) is 0 Å². The second-order valence-electron chi connectivity index (χ2n) is 7.34. The van der Waals surface area contributed by atoms with Gasteiger partial charge in [0, 0.05) is 13.1 Å². The normalized spacial score (nSPS) is 26.1. The summed E-state index contributed by atoms with van der Waals surface area (Å²) in [5.41, 5.74) is 5.91. The van der Waals surface area contributed by atoms with E-state index in [1.807, 2.05) is 0 Å². The van der Waals surface area contributed by atoms with Crippen molar-refractivity contribution in [1.82, 2.24) is 10.2 Å². The fourth-order valence-electron chi connectivity index (χ4n) is 3.57. The van der Waals surface area contributed by atoms with Gasteiger partial charge in [0.2, 0.25) is 5.91 Å². The molecule has 1 heterocycles. The zero-order chi connectivity index (χ0) is 14.6. The Morgan fingerprint density at radius 3 is 2.30 bits per heavy atom. The van der Waals surface area contributed by atoms with Crippen LogP contribution >= 0.6 is 0 Å². The number of nitrogens with one attached hydrogen (secondary N) is 1. The average molecular weight is 281 g/mol. The molecule has 0 aromatic carbocycles. The largest absolute Gasteiger partial charge is 0.355 e. The molecule has 0 radical (unpaired) electrons. The molecule has 2 aliphatic rings. The van der Waals surface area contributed by atoms with Gasteiger partial charge in [-0.3, -0.25) is 4.79 Å². The maximum absolute atomic E-state index is 12.6. The van der Waals surface area contributed by atoms with Crippen molar-refractivity contribution < 1.29 is 4.79 Å². The molecule has 1 saturated carbocycles. The summed E-state index contributed by atoms with van der Waals surface area (Å²) in [5, 5.41) is 3.23. The van der Waals surface area contributed by atoms with Gasteiger partial charge in [0.15, 0.2) is 0 Å². The number of carbonyl (C=O) groups is 1. The Kier molecular flexibility index (Phi) is 5.08. The summed E-state index contributed by atoms with van der Waals surface area (Å²) in [6.45, 7) is 5.87. The lowest BCUT2D eigenvalue weighted by Crippen LogP contribution is -2.51. The first kappa shape index (κ1) is 15.8. The topological polar surface area (TPSA) is 58.4 Å². The van der Waals surface area contributed by atoms with Gasteiger partial charge in [0.05, 0.1) is 5.41 Å². The number of hydrogen-bond donors (Lipinski definition) is 2. The second kappa shape index (κ2) is 6.44. The lowest BCUT2D eigenvalue weighted by atomic mass is 9.73. The molecule has 1 aliphatic carbocycles. The molecule has 2 rings (SSSR count). The Balaban J connectivity index is 1.87. The van der Waals surface area contributed by atoms with Crippen molar-refractivity contribution in [2.24, 2.45) is 16.6 Å². The predicted molar refractivity (Wildman–Crippen MR) is 82.4 cm³/mol. The van der Waals surface area contributed by atoms with E-state index in [1.54, 1.807) is 0 Å². The van der Waals surface area contributed by atoms with Crippen molar-refractivity contribution in [3.8, 4) is 0 Å². The fraction of sp³-hybridized carbons (Fsp3) is 0.938. The van der Waals surface area contributed by atoms with E-state index >= 15 is 0 Å². The van der Waals surface area contributed by atoms with Crippen LogP contribution in [0.25, 0.3) is 0 Å². The summed E-state index contributed by atoms with van der Waals surface area (Å²) in [6, 6.07) is 0. The molecule has 0 bridgehead atoms. The summed E-state index contributed by atoms with van der Waals surface area (Å²) < 4.78 is 0. The van der Waals surface area contributed by atoms with E-state index in [-0.39, 0.29) is 16.7 Å². The summed E-state index contributed by atoms with van der Waals surface area (Å²) >= 11 is 0. The van der Waals surface area contributed by atoms with E-state index in [2.05, 4.69) is 24.2 Å². The Hall–Kier alpha value is -0.610. The van der Waals surface area contributed by atoms with E-state index < -0.39 is 0 Å². The molecule has 1 aliphatic heterocycles. The highest BCUT2D eigenvalue weighted by Crippen LogP contribution is 2.36. The quantitative estimate of drug-likeness (QED) is 0.825. The minimum absolute atomic E-state index is 0.208. The van der Waals surface area contributed by atoms with Crippen LogP contribution in [0.3, 0.4) is 0 Å². The van der Waals surface area contributed by atoms with Gasteiger partial charge in [-0.05, 0) is 51.2 Å². The van der Waals surface area contributed by atoms with Gasteiger partial charge in [0.25, 0.3) is 0 Å². The number of nitrogens with zero attached hydrogens (tertiary/aromatic N) is 1. The number of hydrogen-bond acceptors (Lipinski definition) is 3. The summed E-state index contributed by atoms with van der Waals surface area (Å²) in [6.07, 6.45) is 7.81. The van der Waals surface area contributed by atoms with Crippen LogP contribution in [0, 0.1) is 10.8 Å². The van der Waals surface area contributed by atoms with Crippen molar-refractivity contribution >= 4 is 5.91 Å². The molecule has 0 atom stereocenters. The Bertz CT molecular complexity index is 329. The summed E-state index contributed by atoms with van der Waals surface area (Å²) in [5.74, 6) is 0.208. The smallest absolute Gasteiger partial charge is 0.227 e. The highest BCUT2D eigenvalue weighted by Gasteiger charge is 2.39. The molecule has 3 N–H and O–H groups in total. The first-order chi connectivity index (χ1) is 9.50. The highest BCUT2D eigenvalue weighted by atomic mass is 16.2. The third-order valence-electron chi connectivity index (χ3n) is 5.55. The van der Waals surface area contributed by atoms with Crippen LogP contribution in [-0.4, -0.2) is 44.0 Å². The van der Waals surface area contributed by atoms with E-state index in [9.17, 15) is 4.79 Å². The van der Waals surface area contributed by atoms with Gasteiger partial charge in [-0.2, -0.15) is 0 Å². The van der Waals surface area contributed by atoms with Crippen molar-refractivity contribution in [2.45, 2.75) is 51.9 Å². The number of amides is 1. The monoisotopic (exact) mass is 281 g/mol. The lowest BCUT2D eigenvalue weighted by molar-refractivity contribution is -0.133. The third kappa shape index (κ3) is 3.53. The van der Waals surface area contributed by atoms with Crippen LogP contribution in [0.15, 0.2) is 0 Å². The number of rotatable bonds is 4. The highest BCUT2D eigenvalue weighted by molar-refractivity contribution is 5.83. The number of nitrogens with two attached hydrogens (primary N) is 1. The fourth-order valence-corrected chi connectivity index (χ4v) is 3.57. The third-order valence-corrected chi connectivity index (χ3v) is 5.55. The molecule has 0 spiro atoms. The van der Waals surface area contributed by atoms with Gasteiger partial charge in [0.1, 0.15) is 0 Å². The molecule has 1 amide bonds. The maximum Gasteiger partial charge on any atom is 0.227 e. The Labute approximate surface area is 123 Å². The molecule has 2 fully saturated rings. The van der Waals surface area contributed by atoms with Crippen LogP contribution in [-0.2, 0) is 4.79 Å². The molecule has 1 saturated heterocycles. The van der Waals surface area contributed by atoms with E-state index in [0.717, 1.165) is 45.3 Å². The zero-order valence-corrected chi connectivity index (χ0v) is 13.2. The molecule has 0 unspecified atom stereocenters. The van der Waals surface area contributed by atoms with Crippen molar-refractivity contribution in [2.75, 3.05) is 33.2 Å². The van der Waals surface area contributed by atoms with Crippen LogP contribution in [0.4, 0.5) is 0 Å². The van der Waals surface area contributed by atoms with Gasteiger partial charge < -0.3 is 16.0 Å².